The van der Waals surface area contributed by atoms with Crippen molar-refractivity contribution in [3.63, 3.8) is 0 Å². The molecule has 2 amide bonds. The Morgan fingerprint density at radius 1 is 1.00 bits per heavy atom. The molecule has 2 aliphatic rings. The Morgan fingerprint density at radius 3 is 2.11 bits per heavy atom. The molecule has 9 heteroatoms. The molecule has 1 saturated heterocycles. The Labute approximate surface area is 164 Å². The molecule has 0 bridgehead atoms. The summed E-state index contributed by atoms with van der Waals surface area (Å²) in [5.41, 5.74) is 0.438. The van der Waals surface area contributed by atoms with E-state index in [0.29, 0.717) is 31.7 Å². The number of benzene rings is 1. The molecule has 0 unspecified atom stereocenters. The zero-order valence-electron chi connectivity index (χ0n) is 15.9. The summed E-state index contributed by atoms with van der Waals surface area (Å²) in [5.74, 6) is 0.103. The number of sulfonamides is 1. The molecule has 1 aliphatic heterocycles. The Morgan fingerprint density at radius 2 is 1.57 bits per heavy atom. The lowest BCUT2D eigenvalue weighted by Crippen LogP contribution is -2.51. The molecule has 0 aromatic heterocycles. The number of ketones is 1. The predicted molar refractivity (Wildman–Crippen MR) is 102 cm³/mol. The number of rotatable bonds is 7. The first-order chi connectivity index (χ1) is 13.3. The fourth-order valence-corrected chi connectivity index (χ4v) is 4.20. The number of carbonyl (C=O) groups excluding carboxylic acids is 3. The molecule has 152 valence electrons. The molecular formula is C19H25N3O5S. The molecule has 1 aromatic carbocycles. The van der Waals surface area contributed by atoms with Gasteiger partial charge in [-0.15, -0.1) is 0 Å². The van der Waals surface area contributed by atoms with Gasteiger partial charge >= 0.3 is 0 Å². The maximum atomic E-state index is 12.3. The highest BCUT2D eigenvalue weighted by Gasteiger charge is 2.35. The van der Waals surface area contributed by atoms with Crippen molar-refractivity contribution >= 4 is 27.6 Å². The standard InChI is InChI=1S/C19H25N3O5S/c1-14(23)15-4-6-17(7-5-15)28(26,27)20-9-8-18(24)21-10-12-22(13-11-21)19(25)16-2-3-16/h4-7,16,20H,2-3,8-13H2,1H3. The van der Waals surface area contributed by atoms with Crippen molar-refractivity contribution in [1.82, 2.24) is 14.5 Å². The number of nitrogens with zero attached hydrogens (tertiary/aromatic N) is 2. The first kappa shape index (κ1) is 20.5. The lowest BCUT2D eigenvalue weighted by molar-refractivity contribution is -0.140. The summed E-state index contributed by atoms with van der Waals surface area (Å²) in [4.78, 5) is 39.2. The molecule has 28 heavy (non-hydrogen) atoms. The smallest absolute Gasteiger partial charge is 0.240 e. The summed E-state index contributed by atoms with van der Waals surface area (Å²) >= 11 is 0. The van der Waals surface area contributed by atoms with E-state index in [4.69, 9.17) is 0 Å². The van der Waals surface area contributed by atoms with Crippen LogP contribution in [0, 0.1) is 5.92 Å². The van der Waals surface area contributed by atoms with Crippen molar-refractivity contribution in [3.8, 4) is 0 Å². The third kappa shape index (κ3) is 4.96. The van der Waals surface area contributed by atoms with Crippen LogP contribution in [0.25, 0.3) is 0 Å². The van der Waals surface area contributed by atoms with Crippen LogP contribution in [-0.4, -0.2) is 68.5 Å². The molecule has 3 rings (SSSR count). The number of nitrogens with one attached hydrogen (secondary N) is 1. The van der Waals surface area contributed by atoms with E-state index in [1.807, 2.05) is 4.90 Å². The van der Waals surface area contributed by atoms with E-state index in [1.54, 1.807) is 4.90 Å². The third-order valence-corrected chi connectivity index (χ3v) is 6.55. The quantitative estimate of drug-likeness (QED) is 0.668. The molecule has 1 heterocycles. The van der Waals surface area contributed by atoms with Crippen LogP contribution in [0.1, 0.15) is 36.5 Å². The van der Waals surface area contributed by atoms with Gasteiger partial charge < -0.3 is 9.80 Å². The van der Waals surface area contributed by atoms with Crippen LogP contribution in [0.15, 0.2) is 29.2 Å². The zero-order chi connectivity index (χ0) is 20.3. The molecule has 0 atom stereocenters. The monoisotopic (exact) mass is 407 g/mol. The molecule has 8 nitrogen and oxygen atoms in total. The van der Waals surface area contributed by atoms with Crippen molar-refractivity contribution < 1.29 is 22.8 Å². The average molecular weight is 407 g/mol. The SMILES string of the molecule is CC(=O)c1ccc(S(=O)(=O)NCCC(=O)N2CCN(C(=O)C3CC3)CC2)cc1. The van der Waals surface area contributed by atoms with Crippen molar-refractivity contribution in [3.05, 3.63) is 29.8 Å². The summed E-state index contributed by atoms with van der Waals surface area (Å²) < 4.78 is 27.0. The van der Waals surface area contributed by atoms with Gasteiger partial charge in [-0.3, -0.25) is 14.4 Å². The Hall–Kier alpha value is -2.26. The van der Waals surface area contributed by atoms with Gasteiger partial charge in [0, 0.05) is 50.6 Å². The zero-order valence-corrected chi connectivity index (χ0v) is 16.7. The first-order valence-electron chi connectivity index (χ1n) is 9.45. The molecule has 1 saturated carbocycles. The van der Waals surface area contributed by atoms with Crippen molar-refractivity contribution in [2.24, 2.45) is 5.92 Å². The van der Waals surface area contributed by atoms with Crippen molar-refractivity contribution in [1.29, 1.82) is 0 Å². The second-order valence-corrected chi connectivity index (χ2v) is 8.98. The molecule has 1 aliphatic carbocycles. The van der Waals surface area contributed by atoms with Gasteiger partial charge in [0.1, 0.15) is 0 Å². The minimum Gasteiger partial charge on any atom is -0.339 e. The van der Waals surface area contributed by atoms with Crippen molar-refractivity contribution in [2.45, 2.75) is 31.1 Å². The number of hydrogen-bond donors (Lipinski definition) is 1. The summed E-state index contributed by atoms with van der Waals surface area (Å²) in [6.07, 6.45) is 1.99. The maximum Gasteiger partial charge on any atom is 0.240 e. The normalized spacial score (nSPS) is 17.5. The van der Waals surface area contributed by atoms with Gasteiger partial charge in [-0.1, -0.05) is 12.1 Å². The van der Waals surface area contributed by atoms with Gasteiger partial charge in [0.05, 0.1) is 4.90 Å². The largest absolute Gasteiger partial charge is 0.339 e. The number of piperazine rings is 1. The molecular weight excluding hydrogens is 382 g/mol. The van der Waals surface area contributed by atoms with Crippen LogP contribution in [-0.2, 0) is 19.6 Å². The summed E-state index contributed by atoms with van der Waals surface area (Å²) in [5, 5.41) is 0. The average Bonchev–Trinajstić information content (AvgIpc) is 3.52. The minimum atomic E-state index is -3.74. The van der Waals surface area contributed by atoms with Crippen LogP contribution in [0.5, 0.6) is 0 Å². The Bertz CT molecular complexity index is 854. The maximum absolute atomic E-state index is 12.3. The van der Waals surface area contributed by atoms with Gasteiger partial charge in [-0.2, -0.15) is 0 Å². The topological polar surface area (TPSA) is 104 Å². The number of amides is 2. The molecule has 0 spiro atoms. The lowest BCUT2D eigenvalue weighted by atomic mass is 10.2. The fraction of sp³-hybridized carbons (Fsp3) is 0.526. The van der Waals surface area contributed by atoms with E-state index in [-0.39, 0.29) is 41.4 Å². The van der Waals surface area contributed by atoms with E-state index in [1.165, 1.54) is 31.2 Å². The highest BCUT2D eigenvalue weighted by Crippen LogP contribution is 2.31. The molecule has 1 aromatic rings. The third-order valence-electron chi connectivity index (χ3n) is 5.07. The van der Waals surface area contributed by atoms with Gasteiger partial charge in [-0.25, -0.2) is 13.1 Å². The molecule has 2 fully saturated rings. The van der Waals surface area contributed by atoms with Crippen molar-refractivity contribution in [2.75, 3.05) is 32.7 Å². The fourth-order valence-electron chi connectivity index (χ4n) is 3.17. The van der Waals surface area contributed by atoms with E-state index in [9.17, 15) is 22.8 Å². The number of Topliss-reactive ketones (excluding diaryl/α,β-unsaturated/α-hetero) is 1. The van der Waals surface area contributed by atoms with Gasteiger partial charge in [0.25, 0.3) is 0 Å². The Kier molecular flexibility index (Phi) is 6.14. The van der Waals surface area contributed by atoms with Crippen LogP contribution in [0.2, 0.25) is 0 Å². The molecule has 0 radical (unpaired) electrons. The summed E-state index contributed by atoms with van der Waals surface area (Å²) in [6, 6.07) is 5.67. The molecule has 1 N–H and O–H groups in total. The highest BCUT2D eigenvalue weighted by atomic mass is 32.2. The van der Waals surface area contributed by atoms with Crippen LogP contribution < -0.4 is 4.72 Å². The second-order valence-electron chi connectivity index (χ2n) is 7.21. The van der Waals surface area contributed by atoms with Crippen LogP contribution in [0.3, 0.4) is 0 Å². The predicted octanol–water partition coefficient (Wildman–Crippen LogP) is 0.638. The van der Waals surface area contributed by atoms with Gasteiger partial charge in [0.15, 0.2) is 5.78 Å². The van der Waals surface area contributed by atoms with Crippen LogP contribution >= 0.6 is 0 Å². The first-order valence-corrected chi connectivity index (χ1v) is 10.9. The Balaban J connectivity index is 1.44. The van der Waals surface area contributed by atoms with Crippen LogP contribution in [0.4, 0.5) is 0 Å². The number of hydrogen-bond acceptors (Lipinski definition) is 5. The van der Waals surface area contributed by atoms with E-state index in [0.717, 1.165) is 12.8 Å². The summed E-state index contributed by atoms with van der Waals surface area (Å²) in [6.45, 7) is 3.45. The van der Waals surface area contributed by atoms with Gasteiger partial charge in [-0.05, 0) is 31.9 Å². The van der Waals surface area contributed by atoms with E-state index in [2.05, 4.69) is 4.72 Å². The van der Waals surface area contributed by atoms with E-state index < -0.39 is 10.0 Å². The van der Waals surface area contributed by atoms with E-state index >= 15 is 0 Å². The second kappa shape index (κ2) is 8.40. The lowest BCUT2D eigenvalue weighted by Gasteiger charge is -2.35. The number of carbonyl (C=O) groups is 3. The van der Waals surface area contributed by atoms with Gasteiger partial charge in [0.2, 0.25) is 21.8 Å². The summed E-state index contributed by atoms with van der Waals surface area (Å²) in [7, 11) is -3.74. The highest BCUT2D eigenvalue weighted by molar-refractivity contribution is 7.89. The minimum absolute atomic E-state index is 0.00313.